The monoisotopic (exact) mass is 391 g/mol. The highest BCUT2D eigenvalue weighted by Crippen LogP contribution is 2.24. The molecule has 0 saturated carbocycles. The SMILES string of the molecule is CN=C(NCC(c1ccc(C)o1)N1CCOCC1)N1CCCC(CC(N)=O)C1. The van der Waals surface area contributed by atoms with Gasteiger partial charge in [0.25, 0.3) is 0 Å². The molecular formula is C20H33N5O3. The first-order valence-corrected chi connectivity index (χ1v) is 10.2. The summed E-state index contributed by atoms with van der Waals surface area (Å²) in [5.41, 5.74) is 5.40. The number of hydrogen-bond acceptors (Lipinski definition) is 5. The molecule has 2 fully saturated rings. The van der Waals surface area contributed by atoms with Crippen molar-refractivity contribution < 1.29 is 13.9 Å². The van der Waals surface area contributed by atoms with Gasteiger partial charge in [-0.3, -0.25) is 14.7 Å². The van der Waals surface area contributed by atoms with Gasteiger partial charge in [-0.05, 0) is 37.8 Å². The average molecular weight is 392 g/mol. The van der Waals surface area contributed by atoms with Crippen molar-refractivity contribution in [2.24, 2.45) is 16.6 Å². The second-order valence-electron chi connectivity index (χ2n) is 7.67. The number of nitrogens with zero attached hydrogens (tertiary/aromatic N) is 3. The zero-order valence-electron chi connectivity index (χ0n) is 17.0. The van der Waals surface area contributed by atoms with Crippen LogP contribution in [0.15, 0.2) is 21.5 Å². The minimum absolute atomic E-state index is 0.126. The first-order chi connectivity index (χ1) is 13.6. The number of guanidine groups is 1. The van der Waals surface area contributed by atoms with Gasteiger partial charge in [0.1, 0.15) is 11.5 Å². The number of carbonyl (C=O) groups excluding carboxylic acids is 1. The van der Waals surface area contributed by atoms with Crippen LogP contribution in [0.3, 0.4) is 0 Å². The summed E-state index contributed by atoms with van der Waals surface area (Å²) in [5.74, 6) is 2.83. The first kappa shape index (κ1) is 20.7. The number of nitrogens with two attached hydrogens (primary N) is 1. The van der Waals surface area contributed by atoms with Crippen LogP contribution in [-0.4, -0.2) is 74.7 Å². The molecule has 3 heterocycles. The van der Waals surface area contributed by atoms with Crippen molar-refractivity contribution in [1.29, 1.82) is 0 Å². The van der Waals surface area contributed by atoms with E-state index < -0.39 is 0 Å². The molecule has 0 bridgehead atoms. The topological polar surface area (TPSA) is 96.3 Å². The molecule has 8 nitrogen and oxygen atoms in total. The maximum Gasteiger partial charge on any atom is 0.217 e. The van der Waals surface area contributed by atoms with E-state index in [0.717, 1.165) is 69.7 Å². The van der Waals surface area contributed by atoms with Gasteiger partial charge >= 0.3 is 0 Å². The maximum absolute atomic E-state index is 11.3. The van der Waals surface area contributed by atoms with E-state index in [0.29, 0.717) is 18.9 Å². The molecule has 1 amide bonds. The Balaban J connectivity index is 1.64. The number of hydrogen-bond donors (Lipinski definition) is 2. The molecular weight excluding hydrogens is 358 g/mol. The Morgan fingerprint density at radius 2 is 2.14 bits per heavy atom. The summed E-state index contributed by atoms with van der Waals surface area (Å²) < 4.78 is 11.5. The first-order valence-electron chi connectivity index (χ1n) is 10.2. The Kier molecular flexibility index (Phi) is 7.33. The fraction of sp³-hybridized carbons (Fsp3) is 0.700. The molecule has 0 aromatic carbocycles. The van der Waals surface area contributed by atoms with E-state index in [2.05, 4.69) is 26.2 Å². The number of ether oxygens (including phenoxy) is 1. The van der Waals surface area contributed by atoms with Gasteiger partial charge in [0.2, 0.25) is 5.91 Å². The van der Waals surface area contributed by atoms with Gasteiger partial charge in [0.05, 0.1) is 19.3 Å². The summed E-state index contributed by atoms with van der Waals surface area (Å²) in [7, 11) is 1.81. The third-order valence-electron chi connectivity index (χ3n) is 5.55. The summed E-state index contributed by atoms with van der Waals surface area (Å²) in [6, 6.07) is 4.20. The predicted molar refractivity (Wildman–Crippen MR) is 108 cm³/mol. The number of aliphatic imine (C=N–C) groups is 1. The largest absolute Gasteiger partial charge is 0.465 e. The van der Waals surface area contributed by atoms with E-state index in [1.54, 1.807) is 7.05 Å². The van der Waals surface area contributed by atoms with Gasteiger partial charge in [-0.1, -0.05) is 0 Å². The zero-order valence-corrected chi connectivity index (χ0v) is 17.0. The second kappa shape index (κ2) is 9.93. The molecule has 0 aliphatic carbocycles. The lowest BCUT2D eigenvalue weighted by molar-refractivity contribution is -0.119. The number of amides is 1. The third-order valence-corrected chi connectivity index (χ3v) is 5.55. The predicted octanol–water partition coefficient (Wildman–Crippen LogP) is 1.12. The van der Waals surface area contributed by atoms with E-state index in [1.165, 1.54) is 0 Å². The Labute approximate surface area is 167 Å². The number of likely N-dealkylation sites (tertiary alicyclic amines) is 1. The van der Waals surface area contributed by atoms with Crippen molar-refractivity contribution in [2.75, 3.05) is 53.0 Å². The van der Waals surface area contributed by atoms with Crippen LogP contribution in [-0.2, 0) is 9.53 Å². The van der Waals surface area contributed by atoms with Crippen LogP contribution in [0.1, 0.15) is 36.8 Å². The van der Waals surface area contributed by atoms with Crippen molar-refractivity contribution in [3.63, 3.8) is 0 Å². The molecule has 156 valence electrons. The summed E-state index contributed by atoms with van der Waals surface area (Å²) in [4.78, 5) is 20.4. The fourth-order valence-corrected chi connectivity index (χ4v) is 4.16. The number of furan rings is 1. The van der Waals surface area contributed by atoms with Gasteiger partial charge in [-0.2, -0.15) is 0 Å². The maximum atomic E-state index is 11.3. The number of carbonyl (C=O) groups is 1. The molecule has 3 rings (SSSR count). The molecule has 2 unspecified atom stereocenters. The number of primary amides is 1. The molecule has 2 atom stereocenters. The summed E-state index contributed by atoms with van der Waals surface area (Å²) in [6.07, 6.45) is 2.52. The fourth-order valence-electron chi connectivity index (χ4n) is 4.16. The Bertz CT molecular complexity index is 669. The smallest absolute Gasteiger partial charge is 0.217 e. The van der Waals surface area contributed by atoms with Crippen molar-refractivity contribution in [3.8, 4) is 0 Å². The molecule has 3 N–H and O–H groups in total. The van der Waals surface area contributed by atoms with Crippen molar-refractivity contribution in [3.05, 3.63) is 23.7 Å². The van der Waals surface area contributed by atoms with Crippen LogP contribution >= 0.6 is 0 Å². The van der Waals surface area contributed by atoms with Crippen LogP contribution in [0.5, 0.6) is 0 Å². The summed E-state index contributed by atoms with van der Waals surface area (Å²) in [6.45, 7) is 7.68. The molecule has 8 heteroatoms. The Morgan fingerprint density at radius 1 is 1.36 bits per heavy atom. The Hall–Kier alpha value is -2.06. The highest BCUT2D eigenvalue weighted by atomic mass is 16.5. The molecule has 0 radical (unpaired) electrons. The highest BCUT2D eigenvalue weighted by molar-refractivity contribution is 5.80. The quantitative estimate of drug-likeness (QED) is 0.557. The lowest BCUT2D eigenvalue weighted by Gasteiger charge is -2.37. The van der Waals surface area contributed by atoms with Crippen molar-refractivity contribution in [1.82, 2.24) is 15.1 Å². The number of aryl methyl sites for hydroxylation is 1. The zero-order chi connectivity index (χ0) is 19.9. The minimum atomic E-state index is -0.227. The Morgan fingerprint density at radius 3 is 2.79 bits per heavy atom. The van der Waals surface area contributed by atoms with Gasteiger partial charge in [0.15, 0.2) is 5.96 Å². The standard InChI is InChI=1S/C20H33N5O3/c1-15-5-6-18(28-15)17(24-8-10-27-11-9-24)13-23-20(22-2)25-7-3-4-16(14-25)12-19(21)26/h5-6,16-17H,3-4,7-14H2,1-2H3,(H2,21,26)(H,22,23). The lowest BCUT2D eigenvalue weighted by Crippen LogP contribution is -2.50. The summed E-state index contributed by atoms with van der Waals surface area (Å²) in [5, 5.41) is 3.54. The van der Waals surface area contributed by atoms with Gasteiger partial charge < -0.3 is 25.1 Å². The van der Waals surface area contributed by atoms with Crippen LogP contribution in [0.4, 0.5) is 0 Å². The van der Waals surface area contributed by atoms with E-state index >= 15 is 0 Å². The molecule has 1 aromatic heterocycles. The highest BCUT2D eigenvalue weighted by Gasteiger charge is 2.27. The van der Waals surface area contributed by atoms with Gasteiger partial charge in [0, 0.05) is 46.2 Å². The second-order valence-corrected chi connectivity index (χ2v) is 7.67. The van der Waals surface area contributed by atoms with Crippen LogP contribution in [0, 0.1) is 12.8 Å². The molecule has 1 aromatic rings. The molecule has 2 aliphatic rings. The van der Waals surface area contributed by atoms with E-state index in [1.807, 2.05) is 13.0 Å². The van der Waals surface area contributed by atoms with Gasteiger partial charge in [-0.15, -0.1) is 0 Å². The molecule has 2 aliphatic heterocycles. The van der Waals surface area contributed by atoms with Crippen LogP contribution in [0.25, 0.3) is 0 Å². The minimum Gasteiger partial charge on any atom is -0.465 e. The van der Waals surface area contributed by atoms with Crippen molar-refractivity contribution >= 4 is 11.9 Å². The number of nitrogens with one attached hydrogen (secondary N) is 1. The van der Waals surface area contributed by atoms with Crippen LogP contribution in [0.2, 0.25) is 0 Å². The third kappa shape index (κ3) is 5.48. The number of morpholine rings is 1. The molecule has 2 saturated heterocycles. The van der Waals surface area contributed by atoms with Crippen molar-refractivity contribution in [2.45, 2.75) is 32.2 Å². The molecule has 28 heavy (non-hydrogen) atoms. The van der Waals surface area contributed by atoms with E-state index in [9.17, 15) is 4.79 Å². The number of piperidine rings is 1. The lowest BCUT2D eigenvalue weighted by atomic mass is 9.95. The normalized spacial score (nSPS) is 22.9. The molecule has 0 spiro atoms. The number of rotatable bonds is 6. The van der Waals surface area contributed by atoms with Gasteiger partial charge in [-0.25, -0.2) is 0 Å². The van der Waals surface area contributed by atoms with Crippen LogP contribution < -0.4 is 11.1 Å². The summed E-state index contributed by atoms with van der Waals surface area (Å²) >= 11 is 0. The van der Waals surface area contributed by atoms with E-state index in [-0.39, 0.29) is 11.9 Å². The van der Waals surface area contributed by atoms with E-state index in [4.69, 9.17) is 14.9 Å². The average Bonchev–Trinajstić information content (AvgIpc) is 3.11.